The van der Waals surface area contributed by atoms with Crippen molar-refractivity contribution in [2.45, 2.75) is 25.4 Å². The van der Waals surface area contributed by atoms with E-state index in [4.69, 9.17) is 5.11 Å². The van der Waals surface area contributed by atoms with Crippen LogP contribution in [0.2, 0.25) is 0 Å². The van der Waals surface area contributed by atoms with Crippen LogP contribution in [0.4, 0.5) is 5.82 Å². The fraction of sp³-hybridized carbons (Fsp3) is 0.615. The van der Waals surface area contributed by atoms with Gasteiger partial charge in [-0.25, -0.2) is 27.4 Å². The van der Waals surface area contributed by atoms with Crippen molar-refractivity contribution in [3.05, 3.63) is 12.5 Å². The van der Waals surface area contributed by atoms with Crippen molar-refractivity contribution in [3.8, 4) is 0 Å². The highest BCUT2D eigenvalue weighted by Gasteiger charge is 2.25. The molecule has 10 heteroatoms. The molecule has 1 aliphatic heterocycles. The smallest absolute Gasteiger partial charge is 0.211 e. The zero-order valence-electron chi connectivity index (χ0n) is 12.9. The molecule has 2 aromatic rings. The van der Waals surface area contributed by atoms with Crippen LogP contribution in [-0.4, -0.2) is 69.6 Å². The van der Waals surface area contributed by atoms with Crippen molar-refractivity contribution in [1.82, 2.24) is 24.1 Å². The van der Waals surface area contributed by atoms with Crippen molar-refractivity contribution in [3.63, 3.8) is 0 Å². The average molecular weight is 340 g/mol. The van der Waals surface area contributed by atoms with E-state index in [2.05, 4.69) is 20.4 Å². The highest BCUT2D eigenvalue weighted by atomic mass is 32.2. The van der Waals surface area contributed by atoms with Crippen LogP contribution in [0, 0.1) is 0 Å². The topological polar surface area (TPSA) is 113 Å². The molecule has 0 aromatic carbocycles. The minimum absolute atomic E-state index is 0.00645. The first-order chi connectivity index (χ1) is 11.0. The number of aliphatic hydroxyl groups is 1. The molecule has 2 aromatic heterocycles. The highest BCUT2D eigenvalue weighted by Crippen LogP contribution is 2.22. The van der Waals surface area contributed by atoms with Gasteiger partial charge in [-0.3, -0.25) is 0 Å². The Morgan fingerprint density at radius 3 is 2.74 bits per heavy atom. The molecule has 0 radical (unpaired) electrons. The van der Waals surface area contributed by atoms with E-state index in [1.807, 2.05) is 0 Å². The number of piperidine rings is 1. The summed E-state index contributed by atoms with van der Waals surface area (Å²) in [7, 11) is -3.12. The minimum atomic E-state index is -3.12. The van der Waals surface area contributed by atoms with E-state index in [0.29, 0.717) is 31.1 Å². The van der Waals surface area contributed by atoms with Crippen LogP contribution >= 0.6 is 0 Å². The molecule has 3 heterocycles. The molecule has 1 fully saturated rings. The van der Waals surface area contributed by atoms with Gasteiger partial charge in [0.25, 0.3) is 0 Å². The Hall–Kier alpha value is -1.78. The maximum absolute atomic E-state index is 11.5. The molecule has 1 saturated heterocycles. The van der Waals surface area contributed by atoms with Crippen LogP contribution in [0.3, 0.4) is 0 Å². The maximum Gasteiger partial charge on any atom is 0.211 e. The van der Waals surface area contributed by atoms with Gasteiger partial charge in [-0.05, 0) is 12.8 Å². The Bertz CT molecular complexity index is 782. The Kier molecular flexibility index (Phi) is 4.46. The normalized spacial score (nSPS) is 17.7. The van der Waals surface area contributed by atoms with Gasteiger partial charge in [-0.15, -0.1) is 0 Å². The van der Waals surface area contributed by atoms with Gasteiger partial charge in [-0.1, -0.05) is 0 Å². The molecule has 3 rings (SSSR count). The van der Waals surface area contributed by atoms with E-state index in [9.17, 15) is 8.42 Å². The number of hydrogen-bond acceptors (Lipinski definition) is 7. The van der Waals surface area contributed by atoms with E-state index < -0.39 is 10.0 Å². The molecule has 1 aliphatic rings. The Morgan fingerprint density at radius 1 is 1.35 bits per heavy atom. The molecular weight excluding hydrogens is 320 g/mol. The molecular formula is C13H20N6O3S. The van der Waals surface area contributed by atoms with Gasteiger partial charge in [-0.2, -0.15) is 5.10 Å². The Labute approximate surface area is 134 Å². The van der Waals surface area contributed by atoms with Crippen LogP contribution in [-0.2, 0) is 16.6 Å². The fourth-order valence-electron chi connectivity index (χ4n) is 2.79. The first-order valence-corrected chi connectivity index (χ1v) is 9.33. The summed E-state index contributed by atoms with van der Waals surface area (Å²) >= 11 is 0. The summed E-state index contributed by atoms with van der Waals surface area (Å²) < 4.78 is 26.2. The second-order valence-electron chi connectivity index (χ2n) is 5.63. The van der Waals surface area contributed by atoms with Crippen molar-refractivity contribution in [2.24, 2.45) is 0 Å². The first-order valence-electron chi connectivity index (χ1n) is 7.48. The van der Waals surface area contributed by atoms with Gasteiger partial charge in [0.1, 0.15) is 12.1 Å². The lowest BCUT2D eigenvalue weighted by Crippen LogP contribution is -2.41. The quantitative estimate of drug-likeness (QED) is 0.765. The Morgan fingerprint density at radius 2 is 2.09 bits per heavy atom. The number of aliphatic hydroxyl groups excluding tert-OH is 1. The zero-order chi connectivity index (χ0) is 16.4. The molecule has 0 bridgehead atoms. The van der Waals surface area contributed by atoms with Crippen molar-refractivity contribution in [2.75, 3.05) is 31.3 Å². The summed E-state index contributed by atoms with van der Waals surface area (Å²) in [5.41, 5.74) is 0.671. The second kappa shape index (κ2) is 6.38. The molecule has 9 nitrogen and oxygen atoms in total. The van der Waals surface area contributed by atoms with E-state index in [-0.39, 0.29) is 12.6 Å². The Balaban J connectivity index is 1.73. The minimum Gasteiger partial charge on any atom is -0.394 e. The second-order valence-corrected chi connectivity index (χ2v) is 7.61. The molecule has 0 spiro atoms. The first kappa shape index (κ1) is 16.1. The van der Waals surface area contributed by atoms with Crippen LogP contribution in [0.25, 0.3) is 11.0 Å². The number of nitrogens with one attached hydrogen (secondary N) is 1. The number of aromatic nitrogens is 4. The van der Waals surface area contributed by atoms with E-state index in [1.165, 1.54) is 16.9 Å². The lowest BCUT2D eigenvalue weighted by atomic mass is 10.1. The number of hydrogen-bond donors (Lipinski definition) is 2. The third-order valence-electron chi connectivity index (χ3n) is 4.01. The summed E-state index contributed by atoms with van der Waals surface area (Å²) in [6, 6.07) is 0.160. The third-order valence-corrected chi connectivity index (χ3v) is 5.31. The van der Waals surface area contributed by atoms with Crippen LogP contribution < -0.4 is 5.32 Å². The molecule has 23 heavy (non-hydrogen) atoms. The fourth-order valence-corrected chi connectivity index (χ4v) is 3.67. The summed E-state index contributed by atoms with van der Waals surface area (Å²) in [5, 5.41) is 17.4. The van der Waals surface area contributed by atoms with Crippen molar-refractivity contribution >= 4 is 26.9 Å². The molecule has 0 aliphatic carbocycles. The maximum atomic E-state index is 11.5. The van der Waals surface area contributed by atoms with E-state index in [0.717, 1.165) is 18.2 Å². The summed E-state index contributed by atoms with van der Waals surface area (Å²) in [6.45, 7) is 1.39. The predicted octanol–water partition coefficient (Wildman–Crippen LogP) is -0.345. The average Bonchev–Trinajstić information content (AvgIpc) is 2.92. The van der Waals surface area contributed by atoms with Crippen LogP contribution in [0.5, 0.6) is 0 Å². The summed E-state index contributed by atoms with van der Waals surface area (Å²) in [5.74, 6) is 0.692. The highest BCUT2D eigenvalue weighted by molar-refractivity contribution is 7.88. The van der Waals surface area contributed by atoms with Gasteiger partial charge in [0.05, 0.1) is 31.0 Å². The summed E-state index contributed by atoms with van der Waals surface area (Å²) in [4.78, 5) is 8.48. The van der Waals surface area contributed by atoms with E-state index >= 15 is 0 Å². The van der Waals surface area contributed by atoms with Gasteiger partial charge in [0, 0.05) is 19.1 Å². The van der Waals surface area contributed by atoms with E-state index in [1.54, 1.807) is 10.9 Å². The van der Waals surface area contributed by atoms with Crippen LogP contribution in [0.15, 0.2) is 12.5 Å². The number of nitrogens with zero attached hydrogens (tertiary/aromatic N) is 5. The third kappa shape index (κ3) is 3.43. The molecule has 0 unspecified atom stereocenters. The standard InChI is InChI=1S/C13H20N6O3S/c1-23(21,22)18-4-2-10(3-5-18)17-12-11-8-16-19(6-7-20)13(11)15-9-14-12/h8-10,20H,2-7H2,1H3,(H,14,15,17). The molecule has 126 valence electrons. The zero-order valence-corrected chi connectivity index (χ0v) is 13.7. The lowest BCUT2D eigenvalue weighted by Gasteiger charge is -2.30. The molecule has 0 atom stereocenters. The molecule has 2 N–H and O–H groups in total. The van der Waals surface area contributed by atoms with Gasteiger partial charge in [0.15, 0.2) is 5.65 Å². The van der Waals surface area contributed by atoms with Crippen molar-refractivity contribution < 1.29 is 13.5 Å². The SMILES string of the molecule is CS(=O)(=O)N1CCC(Nc2ncnc3c2cnn3CCO)CC1. The summed E-state index contributed by atoms with van der Waals surface area (Å²) in [6.07, 6.45) is 5.84. The molecule has 0 amide bonds. The molecule has 0 saturated carbocycles. The number of rotatable bonds is 5. The van der Waals surface area contributed by atoms with Gasteiger partial charge in [0.2, 0.25) is 10.0 Å². The largest absolute Gasteiger partial charge is 0.394 e. The monoisotopic (exact) mass is 340 g/mol. The van der Waals surface area contributed by atoms with Gasteiger partial charge < -0.3 is 10.4 Å². The lowest BCUT2D eigenvalue weighted by molar-refractivity contribution is 0.271. The number of anilines is 1. The van der Waals surface area contributed by atoms with Gasteiger partial charge >= 0.3 is 0 Å². The number of fused-ring (bicyclic) bond motifs is 1. The number of sulfonamides is 1. The van der Waals surface area contributed by atoms with Crippen molar-refractivity contribution in [1.29, 1.82) is 0 Å². The van der Waals surface area contributed by atoms with Crippen LogP contribution in [0.1, 0.15) is 12.8 Å². The predicted molar refractivity (Wildman–Crippen MR) is 85.5 cm³/mol.